The molecule has 2 aliphatic heterocycles. The highest BCUT2D eigenvalue weighted by atomic mass is 32.1. The van der Waals surface area contributed by atoms with Crippen molar-refractivity contribution in [2.24, 2.45) is 0 Å². The van der Waals surface area contributed by atoms with Crippen LogP contribution in [0.25, 0.3) is 0 Å². The van der Waals surface area contributed by atoms with E-state index in [0.29, 0.717) is 27.2 Å². The first kappa shape index (κ1) is 14.1. The topological polar surface area (TPSA) is 76.1 Å². The summed E-state index contributed by atoms with van der Waals surface area (Å²) in [6.07, 6.45) is 3.43. The van der Waals surface area contributed by atoms with E-state index in [1.54, 1.807) is 12.1 Å². The van der Waals surface area contributed by atoms with Crippen molar-refractivity contribution >= 4 is 28.6 Å². The van der Waals surface area contributed by atoms with Crippen LogP contribution in [-0.2, 0) is 0 Å². The van der Waals surface area contributed by atoms with Crippen LogP contribution in [0.1, 0.15) is 33.9 Å². The molecule has 22 heavy (non-hydrogen) atoms. The minimum absolute atomic E-state index is 0.0207. The highest BCUT2D eigenvalue weighted by Crippen LogP contribution is 2.32. The van der Waals surface area contributed by atoms with Gasteiger partial charge in [0.25, 0.3) is 11.1 Å². The molecule has 0 aliphatic carbocycles. The molecule has 2 aliphatic rings. The number of fused-ring (bicyclic) bond motifs is 2. The monoisotopic (exact) mass is 336 g/mol. The minimum atomic E-state index is -0.0207. The molecule has 2 fully saturated rings. The first-order valence-corrected chi connectivity index (χ1v) is 8.95. The number of carbonyl (C=O) groups is 1. The predicted octanol–water partition coefficient (Wildman–Crippen LogP) is 2.32. The normalized spacial score (nSPS) is 26.3. The van der Waals surface area contributed by atoms with Gasteiger partial charge >= 0.3 is 0 Å². The number of carbonyl (C=O) groups excluding carboxylic acids is 1. The van der Waals surface area contributed by atoms with Gasteiger partial charge in [0.1, 0.15) is 5.01 Å². The number of aromatic nitrogens is 2. The fourth-order valence-electron chi connectivity index (χ4n) is 3.13. The van der Waals surface area contributed by atoms with E-state index in [1.807, 2.05) is 6.92 Å². The smallest absolute Gasteiger partial charge is 0.300 e. The third kappa shape index (κ3) is 2.73. The van der Waals surface area contributed by atoms with Gasteiger partial charge < -0.3 is 15.4 Å². The molecular formula is C14H16N4O2S2. The van der Waals surface area contributed by atoms with Crippen molar-refractivity contribution in [1.82, 2.24) is 20.8 Å². The van der Waals surface area contributed by atoms with Crippen molar-refractivity contribution < 1.29 is 9.53 Å². The van der Waals surface area contributed by atoms with E-state index in [-0.39, 0.29) is 11.9 Å². The number of hydrogen-bond donors (Lipinski definition) is 2. The summed E-state index contributed by atoms with van der Waals surface area (Å²) >= 11 is 2.72. The van der Waals surface area contributed by atoms with E-state index in [1.165, 1.54) is 29.1 Å². The number of hydrogen-bond acceptors (Lipinski definition) is 7. The van der Waals surface area contributed by atoms with E-state index < -0.39 is 0 Å². The molecule has 3 atom stereocenters. The number of aryl methyl sites for hydroxylation is 1. The third-order valence-electron chi connectivity index (χ3n) is 4.12. The maximum atomic E-state index is 12.3. The Balaban J connectivity index is 1.39. The van der Waals surface area contributed by atoms with Gasteiger partial charge in [-0.2, -0.15) is 0 Å². The van der Waals surface area contributed by atoms with E-state index >= 15 is 0 Å². The summed E-state index contributed by atoms with van der Waals surface area (Å²) in [5.74, 6) is -0.0207. The summed E-state index contributed by atoms with van der Waals surface area (Å²) < 4.78 is 5.62. The summed E-state index contributed by atoms with van der Waals surface area (Å²) in [4.78, 5) is 13.0. The fraction of sp³-hybridized carbons (Fsp3) is 0.500. The van der Waals surface area contributed by atoms with Gasteiger partial charge in [0.2, 0.25) is 0 Å². The number of ether oxygens (including phenoxy) is 1. The van der Waals surface area contributed by atoms with Crippen LogP contribution in [0.5, 0.6) is 10.3 Å². The Labute approximate surface area is 135 Å². The number of nitrogens with one attached hydrogen (secondary N) is 2. The number of nitrogens with zero attached hydrogens (tertiary/aromatic N) is 2. The van der Waals surface area contributed by atoms with E-state index in [2.05, 4.69) is 20.8 Å². The second kappa shape index (κ2) is 5.60. The van der Waals surface area contributed by atoms with E-state index in [4.69, 9.17) is 4.74 Å². The van der Waals surface area contributed by atoms with Crippen LogP contribution in [0, 0.1) is 6.92 Å². The molecule has 2 aromatic rings. The molecule has 0 spiro atoms. The Morgan fingerprint density at radius 2 is 2.27 bits per heavy atom. The number of amides is 1. The lowest BCUT2D eigenvalue weighted by Crippen LogP contribution is -2.42. The molecule has 0 radical (unpaired) electrons. The molecule has 2 N–H and O–H groups in total. The first-order valence-electron chi connectivity index (χ1n) is 7.32. The molecule has 8 heteroatoms. The molecule has 3 unspecified atom stereocenters. The zero-order valence-electron chi connectivity index (χ0n) is 12.0. The molecule has 1 amide bonds. The predicted molar refractivity (Wildman–Crippen MR) is 84.9 cm³/mol. The Kier molecular flexibility index (Phi) is 3.59. The maximum absolute atomic E-state index is 12.3. The Hall–Kier alpha value is -1.51. The lowest BCUT2D eigenvalue weighted by molar-refractivity contribution is 0.0935. The molecule has 2 saturated heterocycles. The molecule has 0 aromatic carbocycles. The quantitative estimate of drug-likeness (QED) is 0.896. The maximum Gasteiger partial charge on any atom is 0.300 e. The highest BCUT2D eigenvalue weighted by molar-refractivity contribution is 7.16. The van der Waals surface area contributed by atoms with Crippen LogP contribution in [0.15, 0.2) is 12.1 Å². The van der Waals surface area contributed by atoms with Gasteiger partial charge in [0.05, 0.1) is 4.88 Å². The Bertz CT molecular complexity index is 699. The number of rotatable bonds is 4. The van der Waals surface area contributed by atoms with Gasteiger partial charge in [-0.3, -0.25) is 4.79 Å². The molecule has 116 valence electrons. The van der Waals surface area contributed by atoms with Crippen LogP contribution < -0.4 is 15.4 Å². The van der Waals surface area contributed by atoms with Gasteiger partial charge in [0.15, 0.2) is 5.06 Å². The van der Waals surface area contributed by atoms with Crippen molar-refractivity contribution in [3.63, 3.8) is 0 Å². The lowest BCUT2D eigenvalue weighted by atomic mass is 9.95. The standard InChI is InChI=1S/C14H16N4O2S2/c1-7-17-18-14(21-7)20-12-5-4-11(22-12)13(19)16-10-6-8-2-3-9(10)15-8/h4-5,8-10,15H,2-3,6H2,1H3,(H,16,19). The molecule has 2 aromatic heterocycles. The summed E-state index contributed by atoms with van der Waals surface area (Å²) in [6, 6.07) is 4.87. The van der Waals surface area contributed by atoms with Gasteiger partial charge in [-0.05, 0) is 38.3 Å². The first-order chi connectivity index (χ1) is 10.7. The van der Waals surface area contributed by atoms with E-state index in [0.717, 1.165) is 17.8 Å². The summed E-state index contributed by atoms with van der Waals surface area (Å²) in [7, 11) is 0. The summed E-state index contributed by atoms with van der Waals surface area (Å²) in [6.45, 7) is 1.88. The molecule has 6 nitrogen and oxygen atoms in total. The van der Waals surface area contributed by atoms with Crippen LogP contribution in [-0.4, -0.2) is 34.2 Å². The fourth-order valence-corrected chi connectivity index (χ4v) is 4.49. The molecular weight excluding hydrogens is 320 g/mol. The summed E-state index contributed by atoms with van der Waals surface area (Å²) in [5.41, 5.74) is 0. The second-order valence-corrected chi connectivity index (χ2v) is 7.86. The highest BCUT2D eigenvalue weighted by Gasteiger charge is 2.39. The van der Waals surface area contributed by atoms with Gasteiger partial charge in [0, 0.05) is 18.1 Å². The SMILES string of the molecule is Cc1nnc(Oc2ccc(C(=O)NC3CC4CCC3N4)s2)s1. The lowest BCUT2D eigenvalue weighted by Gasteiger charge is -2.20. The van der Waals surface area contributed by atoms with Gasteiger partial charge in [-0.15, -0.1) is 5.10 Å². The van der Waals surface area contributed by atoms with Crippen molar-refractivity contribution in [3.05, 3.63) is 22.0 Å². The van der Waals surface area contributed by atoms with Crippen molar-refractivity contribution in [1.29, 1.82) is 0 Å². The number of thiophene rings is 1. The largest absolute Gasteiger partial charge is 0.419 e. The molecule has 4 rings (SSSR count). The van der Waals surface area contributed by atoms with Crippen molar-refractivity contribution in [2.45, 2.75) is 44.3 Å². The average Bonchev–Trinajstić information content (AvgIpc) is 3.24. The zero-order valence-corrected chi connectivity index (χ0v) is 13.7. The average molecular weight is 336 g/mol. The van der Waals surface area contributed by atoms with Crippen LogP contribution >= 0.6 is 22.7 Å². The molecule has 0 saturated carbocycles. The molecule has 4 heterocycles. The third-order valence-corrected chi connectivity index (χ3v) is 5.80. The van der Waals surface area contributed by atoms with Crippen LogP contribution in [0.3, 0.4) is 0 Å². The summed E-state index contributed by atoms with van der Waals surface area (Å²) in [5, 5.41) is 16.5. The Morgan fingerprint density at radius 1 is 1.36 bits per heavy atom. The Morgan fingerprint density at radius 3 is 2.95 bits per heavy atom. The second-order valence-electron chi connectivity index (χ2n) is 5.67. The minimum Gasteiger partial charge on any atom is -0.419 e. The van der Waals surface area contributed by atoms with Crippen LogP contribution in [0.2, 0.25) is 0 Å². The molecule has 2 bridgehead atoms. The van der Waals surface area contributed by atoms with Crippen molar-refractivity contribution in [2.75, 3.05) is 0 Å². The van der Waals surface area contributed by atoms with Crippen LogP contribution in [0.4, 0.5) is 0 Å². The zero-order chi connectivity index (χ0) is 15.1. The van der Waals surface area contributed by atoms with Crippen molar-refractivity contribution in [3.8, 4) is 10.3 Å². The van der Waals surface area contributed by atoms with E-state index in [9.17, 15) is 4.79 Å². The van der Waals surface area contributed by atoms with Gasteiger partial charge in [-0.25, -0.2) is 0 Å². The van der Waals surface area contributed by atoms with Gasteiger partial charge in [-0.1, -0.05) is 27.8 Å².